The van der Waals surface area contributed by atoms with Gasteiger partial charge in [0.1, 0.15) is 0 Å². The second-order valence-corrected chi connectivity index (χ2v) is 6.79. The fraction of sp³-hybridized carbons (Fsp3) is 0.944. The van der Waals surface area contributed by atoms with E-state index >= 15 is 0 Å². The van der Waals surface area contributed by atoms with Crippen LogP contribution in [0, 0.1) is 5.92 Å². The second kappa shape index (κ2) is 10.9. The van der Waals surface area contributed by atoms with E-state index in [1.54, 1.807) is 7.11 Å². The lowest BCUT2D eigenvalue weighted by Crippen LogP contribution is -2.41. The van der Waals surface area contributed by atoms with E-state index in [2.05, 4.69) is 29.0 Å². The highest BCUT2D eigenvalue weighted by molar-refractivity contribution is 5.80. The lowest BCUT2D eigenvalue weighted by Gasteiger charge is -2.24. The first-order valence-electron chi connectivity index (χ1n) is 9.62. The maximum atomic E-state index is 5.70. The summed E-state index contributed by atoms with van der Waals surface area (Å²) in [4.78, 5) is 9.91. The zero-order chi connectivity index (χ0) is 17.2. The van der Waals surface area contributed by atoms with Crippen LogP contribution < -0.4 is 5.32 Å². The average molecular weight is 341 g/mol. The van der Waals surface area contributed by atoms with Gasteiger partial charge in [-0.15, -0.1) is 0 Å². The Labute approximate surface area is 147 Å². The molecule has 2 saturated heterocycles. The number of likely N-dealkylation sites (N-methyl/N-ethyl adjacent to an activating group) is 1. The van der Waals surface area contributed by atoms with Crippen LogP contribution in [0.4, 0.5) is 0 Å². The number of methoxy groups -OCH3 is 1. The van der Waals surface area contributed by atoms with Crippen molar-refractivity contribution in [2.45, 2.75) is 39.2 Å². The Morgan fingerprint density at radius 2 is 2.08 bits per heavy atom. The van der Waals surface area contributed by atoms with Crippen molar-refractivity contribution >= 4 is 5.96 Å². The molecule has 2 unspecified atom stereocenters. The Bertz CT molecular complexity index is 378. The van der Waals surface area contributed by atoms with Gasteiger partial charge in [-0.25, -0.2) is 0 Å². The number of aliphatic imine (C=N–C) groups is 1. The molecule has 2 aliphatic heterocycles. The molecular weight excluding hydrogens is 304 g/mol. The van der Waals surface area contributed by atoms with Gasteiger partial charge < -0.3 is 19.7 Å². The summed E-state index contributed by atoms with van der Waals surface area (Å²) in [6.45, 7) is 12.9. The fourth-order valence-electron chi connectivity index (χ4n) is 3.69. The molecule has 1 N–H and O–H groups in total. The van der Waals surface area contributed by atoms with Gasteiger partial charge in [0.15, 0.2) is 5.96 Å². The summed E-state index contributed by atoms with van der Waals surface area (Å²) in [5.74, 6) is 1.68. The second-order valence-electron chi connectivity index (χ2n) is 6.79. The van der Waals surface area contributed by atoms with Gasteiger partial charge >= 0.3 is 0 Å². The number of likely N-dealkylation sites (tertiary alicyclic amines) is 2. The molecule has 0 bridgehead atoms. The first kappa shape index (κ1) is 19.5. The normalized spacial score (nSPS) is 25.6. The summed E-state index contributed by atoms with van der Waals surface area (Å²) in [6.07, 6.45) is 3.78. The first-order chi connectivity index (χ1) is 11.8. The molecule has 0 aromatic rings. The maximum Gasteiger partial charge on any atom is 0.193 e. The predicted molar refractivity (Wildman–Crippen MR) is 98.6 cm³/mol. The van der Waals surface area contributed by atoms with Crippen molar-refractivity contribution in [2.24, 2.45) is 10.9 Å². The minimum absolute atomic E-state index is 0.601. The van der Waals surface area contributed by atoms with Gasteiger partial charge in [0.05, 0.1) is 26.4 Å². The number of hydrogen-bond donors (Lipinski definition) is 1. The molecule has 2 fully saturated rings. The Morgan fingerprint density at radius 1 is 1.21 bits per heavy atom. The summed E-state index contributed by atoms with van der Waals surface area (Å²) in [6, 6.07) is 0.624. The molecule has 0 radical (unpaired) electrons. The summed E-state index contributed by atoms with van der Waals surface area (Å²) in [5, 5.41) is 3.47. The van der Waals surface area contributed by atoms with Crippen LogP contribution in [0.3, 0.4) is 0 Å². The van der Waals surface area contributed by atoms with E-state index in [1.807, 2.05) is 0 Å². The van der Waals surface area contributed by atoms with Crippen LogP contribution in [-0.4, -0.2) is 88.0 Å². The van der Waals surface area contributed by atoms with Crippen molar-refractivity contribution in [2.75, 3.05) is 66.2 Å². The Kier molecular flexibility index (Phi) is 8.84. The molecule has 0 amide bonds. The molecule has 6 heteroatoms. The third kappa shape index (κ3) is 5.90. The molecule has 2 heterocycles. The van der Waals surface area contributed by atoms with Crippen molar-refractivity contribution in [3.8, 4) is 0 Å². The quantitative estimate of drug-likeness (QED) is 0.391. The Hall–Kier alpha value is -0.850. The molecule has 0 spiro atoms. The van der Waals surface area contributed by atoms with E-state index in [0.29, 0.717) is 25.2 Å². The topological polar surface area (TPSA) is 49.3 Å². The highest BCUT2D eigenvalue weighted by Gasteiger charge is 2.26. The van der Waals surface area contributed by atoms with Crippen molar-refractivity contribution in [3.63, 3.8) is 0 Å². The zero-order valence-electron chi connectivity index (χ0n) is 15.8. The molecule has 0 aliphatic carbocycles. The summed E-state index contributed by atoms with van der Waals surface area (Å²) in [7, 11) is 1.71. The summed E-state index contributed by atoms with van der Waals surface area (Å²) >= 11 is 0. The zero-order valence-corrected chi connectivity index (χ0v) is 15.8. The van der Waals surface area contributed by atoms with Crippen LogP contribution in [0.2, 0.25) is 0 Å². The average Bonchev–Trinajstić information content (AvgIpc) is 3.24. The molecule has 2 aliphatic rings. The highest BCUT2D eigenvalue weighted by atomic mass is 16.5. The number of ether oxygens (including phenoxy) is 2. The third-order valence-electron chi connectivity index (χ3n) is 5.06. The van der Waals surface area contributed by atoms with Crippen molar-refractivity contribution < 1.29 is 9.47 Å². The van der Waals surface area contributed by atoms with Gasteiger partial charge in [0.2, 0.25) is 0 Å². The SMILES string of the molecule is CCNC(=NCC1CCCN1CC)N1CCC(COCCOC)C1. The van der Waals surface area contributed by atoms with Crippen LogP contribution in [0.15, 0.2) is 4.99 Å². The van der Waals surface area contributed by atoms with E-state index in [-0.39, 0.29) is 0 Å². The van der Waals surface area contributed by atoms with Gasteiger partial charge in [-0.1, -0.05) is 6.92 Å². The molecular formula is C18H36N4O2. The minimum atomic E-state index is 0.601. The molecule has 2 atom stereocenters. The van der Waals surface area contributed by atoms with Gasteiger partial charge in [-0.05, 0) is 39.3 Å². The lowest BCUT2D eigenvalue weighted by atomic mass is 10.1. The van der Waals surface area contributed by atoms with E-state index in [1.165, 1.54) is 25.8 Å². The highest BCUT2D eigenvalue weighted by Crippen LogP contribution is 2.19. The molecule has 0 aromatic carbocycles. The van der Waals surface area contributed by atoms with Crippen LogP contribution >= 0.6 is 0 Å². The molecule has 0 saturated carbocycles. The lowest BCUT2D eigenvalue weighted by molar-refractivity contribution is 0.0536. The number of guanidine groups is 1. The molecule has 6 nitrogen and oxygen atoms in total. The summed E-state index contributed by atoms with van der Waals surface area (Å²) < 4.78 is 10.7. The van der Waals surface area contributed by atoms with E-state index < -0.39 is 0 Å². The van der Waals surface area contributed by atoms with E-state index in [4.69, 9.17) is 14.5 Å². The molecule has 2 rings (SSSR count). The monoisotopic (exact) mass is 340 g/mol. The fourth-order valence-corrected chi connectivity index (χ4v) is 3.69. The first-order valence-corrected chi connectivity index (χ1v) is 9.62. The van der Waals surface area contributed by atoms with Crippen LogP contribution in [-0.2, 0) is 9.47 Å². The standard InChI is InChI=1S/C18H36N4O2/c1-4-19-18(20-13-17-7-6-9-21(17)5-2)22-10-8-16(14-22)15-24-12-11-23-3/h16-17H,4-15H2,1-3H3,(H,19,20). The Morgan fingerprint density at radius 3 is 2.83 bits per heavy atom. The van der Waals surface area contributed by atoms with E-state index in [0.717, 1.165) is 45.3 Å². The van der Waals surface area contributed by atoms with Crippen molar-refractivity contribution in [1.29, 1.82) is 0 Å². The van der Waals surface area contributed by atoms with Crippen LogP contribution in [0.5, 0.6) is 0 Å². The van der Waals surface area contributed by atoms with Crippen LogP contribution in [0.25, 0.3) is 0 Å². The molecule has 140 valence electrons. The number of nitrogens with zero attached hydrogens (tertiary/aromatic N) is 3. The van der Waals surface area contributed by atoms with Crippen molar-refractivity contribution in [3.05, 3.63) is 0 Å². The Balaban J connectivity index is 1.80. The third-order valence-corrected chi connectivity index (χ3v) is 5.06. The van der Waals surface area contributed by atoms with Crippen LogP contribution in [0.1, 0.15) is 33.1 Å². The minimum Gasteiger partial charge on any atom is -0.382 e. The van der Waals surface area contributed by atoms with Gasteiger partial charge in [-0.3, -0.25) is 9.89 Å². The molecule has 0 aromatic heterocycles. The van der Waals surface area contributed by atoms with Gasteiger partial charge in [0, 0.05) is 38.7 Å². The largest absolute Gasteiger partial charge is 0.382 e. The number of hydrogen-bond acceptors (Lipinski definition) is 4. The van der Waals surface area contributed by atoms with E-state index in [9.17, 15) is 0 Å². The van der Waals surface area contributed by atoms with Gasteiger partial charge in [0.25, 0.3) is 0 Å². The predicted octanol–water partition coefficient (Wildman–Crippen LogP) is 1.42. The smallest absolute Gasteiger partial charge is 0.193 e. The maximum absolute atomic E-state index is 5.70. The summed E-state index contributed by atoms with van der Waals surface area (Å²) in [5.41, 5.74) is 0. The number of rotatable bonds is 9. The number of nitrogens with one attached hydrogen (secondary N) is 1. The molecule has 24 heavy (non-hydrogen) atoms. The van der Waals surface area contributed by atoms with Gasteiger partial charge in [-0.2, -0.15) is 0 Å². The van der Waals surface area contributed by atoms with Crippen molar-refractivity contribution in [1.82, 2.24) is 15.1 Å².